The fourth-order valence-electron chi connectivity index (χ4n) is 1.35. The van der Waals surface area contributed by atoms with Crippen molar-refractivity contribution in [3.8, 4) is 0 Å². The molecule has 4 heteroatoms. The van der Waals surface area contributed by atoms with Gasteiger partial charge in [0.1, 0.15) is 0 Å². The van der Waals surface area contributed by atoms with Gasteiger partial charge in [-0.05, 0) is 23.6 Å². The summed E-state index contributed by atoms with van der Waals surface area (Å²) in [7, 11) is -2.52. The number of hydrogen-bond donors (Lipinski definition) is 1. The Bertz CT molecular complexity index is 553. The van der Waals surface area contributed by atoms with Crippen LogP contribution >= 0.6 is 11.6 Å². The summed E-state index contributed by atoms with van der Waals surface area (Å²) in [6, 6.07) is 10.3. The van der Waals surface area contributed by atoms with Crippen LogP contribution in [0.5, 0.6) is 0 Å². The Morgan fingerprint density at radius 3 is 2.57 bits per heavy atom. The molecule has 2 rings (SSSR count). The van der Waals surface area contributed by atoms with Crippen molar-refractivity contribution in [2.75, 3.05) is 0 Å². The van der Waals surface area contributed by atoms with E-state index >= 15 is 0 Å². The highest BCUT2D eigenvalue weighted by Gasteiger charge is 2.00. The smallest absolute Gasteiger partial charge is 0.168 e. The Kier molecular flexibility index (Phi) is 2.44. The predicted octanol–water partition coefficient (Wildman–Crippen LogP) is 2.46. The Balaban J connectivity index is 2.79. The first kappa shape index (κ1) is 9.49. The maximum atomic E-state index is 10.7. The van der Waals surface area contributed by atoms with Crippen molar-refractivity contribution >= 4 is 33.1 Å². The molecule has 0 aliphatic heterocycles. The summed E-state index contributed by atoms with van der Waals surface area (Å²) in [5.74, 6) is 0. The van der Waals surface area contributed by atoms with Gasteiger partial charge in [-0.15, -0.1) is 0 Å². The Morgan fingerprint density at radius 2 is 1.86 bits per heavy atom. The summed E-state index contributed by atoms with van der Waals surface area (Å²) in [5.41, 5.74) is 0. The lowest BCUT2D eigenvalue weighted by molar-refractivity contribution is 0.614. The van der Waals surface area contributed by atoms with E-state index in [1.165, 1.54) is 0 Å². The van der Waals surface area contributed by atoms with Gasteiger partial charge in [-0.3, -0.25) is 0 Å². The van der Waals surface area contributed by atoms with E-state index in [9.17, 15) is 8.42 Å². The number of benzene rings is 2. The summed E-state index contributed by atoms with van der Waals surface area (Å²) in [5, 5.41) is 2.35. The van der Waals surface area contributed by atoms with Gasteiger partial charge in [0, 0.05) is 10.4 Å². The molecule has 0 spiro atoms. The van der Waals surface area contributed by atoms with Gasteiger partial charge in [0.15, 0.2) is 10.7 Å². The maximum absolute atomic E-state index is 10.7. The van der Waals surface area contributed by atoms with Crippen molar-refractivity contribution in [1.29, 1.82) is 0 Å². The summed E-state index contributed by atoms with van der Waals surface area (Å²) in [6.07, 6.45) is 0. The normalized spacial score (nSPS) is 11.0. The van der Waals surface area contributed by atoms with E-state index in [-0.39, 0.29) is 0 Å². The van der Waals surface area contributed by atoms with Crippen LogP contribution in [0.15, 0.2) is 41.3 Å². The second kappa shape index (κ2) is 3.59. The average molecular weight is 227 g/mol. The zero-order chi connectivity index (χ0) is 10.1. The molecule has 0 saturated carbocycles. The van der Waals surface area contributed by atoms with Crippen LogP contribution in [-0.2, 0) is 10.7 Å². The van der Waals surface area contributed by atoms with Crippen molar-refractivity contribution in [3.05, 3.63) is 41.4 Å². The molecule has 2 aromatic carbocycles. The molecule has 0 N–H and O–H groups in total. The zero-order valence-corrected chi connectivity index (χ0v) is 8.76. The van der Waals surface area contributed by atoms with Gasteiger partial charge in [0.2, 0.25) is 0 Å². The molecule has 0 aliphatic rings. The van der Waals surface area contributed by atoms with Crippen LogP contribution < -0.4 is 0 Å². The highest BCUT2D eigenvalue weighted by molar-refractivity contribution is 7.72. The fourth-order valence-corrected chi connectivity index (χ4v) is 2.03. The van der Waals surface area contributed by atoms with Crippen LogP contribution in [0.4, 0.5) is 0 Å². The summed E-state index contributed by atoms with van der Waals surface area (Å²) < 4.78 is 21.5. The first-order chi connectivity index (χ1) is 6.68. The van der Waals surface area contributed by atoms with Crippen LogP contribution in [0.2, 0.25) is 5.02 Å². The van der Waals surface area contributed by atoms with E-state index in [0.29, 0.717) is 9.92 Å². The van der Waals surface area contributed by atoms with E-state index in [0.717, 1.165) is 10.8 Å². The van der Waals surface area contributed by atoms with Crippen LogP contribution in [0.3, 0.4) is 0 Å². The molecule has 0 unspecified atom stereocenters. The van der Waals surface area contributed by atoms with Crippen LogP contribution in [0, 0.1) is 0 Å². The Hall–Kier alpha value is -1.06. The van der Waals surface area contributed by atoms with E-state index in [4.69, 9.17) is 11.6 Å². The highest BCUT2D eigenvalue weighted by atomic mass is 35.5. The molecule has 72 valence electrons. The van der Waals surface area contributed by atoms with E-state index in [1.807, 2.05) is 6.07 Å². The van der Waals surface area contributed by atoms with Gasteiger partial charge in [-0.1, -0.05) is 29.8 Å². The van der Waals surface area contributed by atoms with Gasteiger partial charge >= 0.3 is 0 Å². The third-order valence-electron chi connectivity index (χ3n) is 2.02. The monoisotopic (exact) mass is 226 g/mol. The molecule has 0 fully saturated rings. The number of halogens is 1. The van der Waals surface area contributed by atoms with E-state index < -0.39 is 10.7 Å². The lowest BCUT2D eigenvalue weighted by Crippen LogP contribution is -1.81. The average Bonchev–Trinajstić information content (AvgIpc) is 2.17. The largest absolute Gasteiger partial charge is 0.227 e. The Morgan fingerprint density at radius 1 is 1.07 bits per heavy atom. The number of rotatable bonds is 1. The molecule has 0 atom stereocenters. The molecule has 0 aliphatic carbocycles. The van der Waals surface area contributed by atoms with Gasteiger partial charge in [0.25, 0.3) is 0 Å². The van der Waals surface area contributed by atoms with Crippen LogP contribution in [0.1, 0.15) is 0 Å². The molecule has 0 amide bonds. The van der Waals surface area contributed by atoms with Gasteiger partial charge in [0.05, 0.1) is 4.90 Å². The molecule has 2 aromatic rings. The van der Waals surface area contributed by atoms with Gasteiger partial charge in [-0.2, -0.15) is 0 Å². The minimum Gasteiger partial charge on any atom is -0.227 e. The Labute approximate surface area is 88.1 Å². The minimum absolute atomic E-state index is 0.315. The van der Waals surface area contributed by atoms with E-state index in [2.05, 4.69) is 0 Å². The van der Waals surface area contributed by atoms with Crippen molar-refractivity contribution < 1.29 is 8.42 Å². The van der Waals surface area contributed by atoms with E-state index in [1.54, 1.807) is 30.3 Å². The zero-order valence-electron chi connectivity index (χ0n) is 7.11. The maximum Gasteiger partial charge on any atom is 0.168 e. The molecule has 14 heavy (non-hydrogen) atoms. The van der Waals surface area contributed by atoms with Crippen molar-refractivity contribution in [1.82, 2.24) is 0 Å². The lowest BCUT2D eigenvalue weighted by atomic mass is 10.1. The van der Waals surface area contributed by atoms with Gasteiger partial charge < -0.3 is 0 Å². The molecule has 2 nitrogen and oxygen atoms in total. The van der Waals surface area contributed by atoms with Gasteiger partial charge in [-0.25, -0.2) is 8.42 Å². The minimum atomic E-state index is -2.52. The highest BCUT2D eigenvalue weighted by Crippen LogP contribution is 2.24. The first-order valence-corrected chi connectivity index (χ1v) is 5.57. The molecular weight excluding hydrogens is 220 g/mol. The van der Waals surface area contributed by atoms with Crippen molar-refractivity contribution in [2.24, 2.45) is 0 Å². The SMILES string of the molecule is O=[SH](=O)c1ccc2c(Cl)cccc2c1. The third-order valence-corrected chi connectivity index (χ3v) is 3.05. The predicted molar refractivity (Wildman–Crippen MR) is 57.5 cm³/mol. The fraction of sp³-hybridized carbons (Fsp3) is 0. The molecule has 0 heterocycles. The third kappa shape index (κ3) is 1.61. The number of thiol groups is 1. The topological polar surface area (TPSA) is 34.1 Å². The van der Waals surface area contributed by atoms with Crippen molar-refractivity contribution in [2.45, 2.75) is 4.90 Å². The molecule has 0 aromatic heterocycles. The lowest BCUT2D eigenvalue weighted by Gasteiger charge is -2.00. The second-order valence-electron chi connectivity index (χ2n) is 2.90. The molecule has 0 bridgehead atoms. The summed E-state index contributed by atoms with van der Waals surface area (Å²) in [6.45, 7) is 0. The summed E-state index contributed by atoms with van der Waals surface area (Å²) in [4.78, 5) is 0.315. The molecular formula is C10H7ClO2S. The molecule has 0 radical (unpaired) electrons. The molecule has 0 saturated heterocycles. The number of hydrogen-bond acceptors (Lipinski definition) is 2. The number of fused-ring (bicyclic) bond motifs is 1. The second-order valence-corrected chi connectivity index (χ2v) is 4.34. The van der Waals surface area contributed by atoms with Crippen molar-refractivity contribution in [3.63, 3.8) is 0 Å². The van der Waals surface area contributed by atoms with Crippen LogP contribution in [0.25, 0.3) is 10.8 Å². The first-order valence-electron chi connectivity index (χ1n) is 4.01. The quantitative estimate of drug-likeness (QED) is 0.758. The standard InChI is InChI=1S/C10H7ClO2S/c11-10-3-1-2-7-6-8(14(12)13)4-5-9(7)10/h1-6,14H. The van der Waals surface area contributed by atoms with Crippen LogP contribution in [-0.4, -0.2) is 8.42 Å². The summed E-state index contributed by atoms with van der Waals surface area (Å²) >= 11 is 5.94.